The maximum atomic E-state index is 12.6. The Morgan fingerprint density at radius 2 is 1.93 bits per heavy atom. The van der Waals surface area contributed by atoms with Crippen molar-refractivity contribution in [2.45, 2.75) is 27.2 Å². The van der Waals surface area contributed by atoms with Gasteiger partial charge in [-0.3, -0.25) is 19.7 Å². The largest absolute Gasteiger partial charge is 0.326 e. The minimum Gasteiger partial charge on any atom is -0.326 e. The molecule has 1 saturated heterocycles. The van der Waals surface area contributed by atoms with Crippen LogP contribution in [-0.4, -0.2) is 23.3 Å². The number of nitrogens with zero attached hydrogens (tertiary/aromatic N) is 2. The highest BCUT2D eigenvalue weighted by atomic mass is 16.6. The fourth-order valence-corrected chi connectivity index (χ4v) is 3.27. The van der Waals surface area contributed by atoms with Gasteiger partial charge in [-0.25, -0.2) is 0 Å². The van der Waals surface area contributed by atoms with Crippen molar-refractivity contribution in [3.63, 3.8) is 0 Å². The van der Waals surface area contributed by atoms with E-state index >= 15 is 0 Å². The predicted molar refractivity (Wildman–Crippen MR) is 103 cm³/mol. The maximum Gasteiger partial charge on any atom is 0.274 e. The summed E-state index contributed by atoms with van der Waals surface area (Å²) in [5, 5.41) is 13.8. The Labute approximate surface area is 157 Å². The number of nitro benzene ring substituents is 1. The van der Waals surface area contributed by atoms with Crippen LogP contribution in [0.15, 0.2) is 36.4 Å². The summed E-state index contributed by atoms with van der Waals surface area (Å²) >= 11 is 0. The first-order chi connectivity index (χ1) is 12.8. The lowest BCUT2D eigenvalue weighted by atomic mass is 10.1. The van der Waals surface area contributed by atoms with Gasteiger partial charge in [0.2, 0.25) is 11.8 Å². The molecule has 1 atom stereocenters. The van der Waals surface area contributed by atoms with Crippen molar-refractivity contribution in [1.29, 1.82) is 0 Å². The molecule has 140 valence electrons. The van der Waals surface area contributed by atoms with Gasteiger partial charge in [0.1, 0.15) is 0 Å². The Bertz CT molecular complexity index is 939. The van der Waals surface area contributed by atoms with Gasteiger partial charge in [-0.2, -0.15) is 0 Å². The van der Waals surface area contributed by atoms with Crippen LogP contribution >= 0.6 is 0 Å². The molecule has 27 heavy (non-hydrogen) atoms. The van der Waals surface area contributed by atoms with Gasteiger partial charge >= 0.3 is 0 Å². The van der Waals surface area contributed by atoms with Crippen LogP contribution in [0.3, 0.4) is 0 Å². The number of amides is 2. The Morgan fingerprint density at radius 1 is 1.19 bits per heavy atom. The Hall–Kier alpha value is -3.22. The second-order valence-electron chi connectivity index (χ2n) is 6.87. The monoisotopic (exact) mass is 367 g/mol. The average Bonchev–Trinajstić information content (AvgIpc) is 3.00. The van der Waals surface area contributed by atoms with Gasteiger partial charge in [0.05, 0.1) is 10.8 Å². The lowest BCUT2D eigenvalue weighted by molar-refractivity contribution is -0.385. The van der Waals surface area contributed by atoms with E-state index in [1.54, 1.807) is 24.0 Å². The molecule has 3 rings (SSSR count). The summed E-state index contributed by atoms with van der Waals surface area (Å²) in [4.78, 5) is 37.3. The molecule has 0 aromatic heterocycles. The summed E-state index contributed by atoms with van der Waals surface area (Å²) in [7, 11) is 0. The van der Waals surface area contributed by atoms with E-state index in [1.807, 2.05) is 32.0 Å². The first-order valence-electron chi connectivity index (χ1n) is 8.70. The fraction of sp³-hybridized carbons (Fsp3) is 0.300. The molecule has 0 radical (unpaired) electrons. The van der Waals surface area contributed by atoms with Gasteiger partial charge < -0.3 is 10.2 Å². The number of nitrogens with one attached hydrogen (secondary N) is 1. The lowest BCUT2D eigenvalue weighted by Gasteiger charge is -2.20. The third kappa shape index (κ3) is 3.67. The van der Waals surface area contributed by atoms with E-state index in [4.69, 9.17) is 0 Å². The molecule has 1 aliphatic heterocycles. The third-order valence-corrected chi connectivity index (χ3v) is 5.04. The van der Waals surface area contributed by atoms with Crippen molar-refractivity contribution in [3.05, 3.63) is 63.2 Å². The standard InChI is InChI=1S/C20H21N3O4/c1-12-5-4-6-17(14(12)3)22-11-15(9-19(22)24)20(25)21-16-8-7-13(2)18(10-16)23(26)27/h4-8,10,15H,9,11H2,1-3H3,(H,21,25)/t15-/m1/s1. The normalized spacial score (nSPS) is 16.5. The number of anilines is 2. The molecule has 1 aliphatic rings. The summed E-state index contributed by atoms with van der Waals surface area (Å²) < 4.78 is 0. The van der Waals surface area contributed by atoms with E-state index in [9.17, 15) is 19.7 Å². The van der Waals surface area contributed by atoms with Gasteiger partial charge in [0, 0.05) is 36.0 Å². The molecule has 0 saturated carbocycles. The molecule has 1 fully saturated rings. The second kappa shape index (κ2) is 7.19. The number of benzene rings is 2. The molecule has 1 N–H and O–H groups in total. The Kier molecular flexibility index (Phi) is 4.94. The molecule has 7 heteroatoms. The highest BCUT2D eigenvalue weighted by Crippen LogP contribution is 2.30. The quantitative estimate of drug-likeness (QED) is 0.661. The van der Waals surface area contributed by atoms with Crippen molar-refractivity contribution in [3.8, 4) is 0 Å². The summed E-state index contributed by atoms with van der Waals surface area (Å²) in [6, 6.07) is 10.3. The third-order valence-electron chi connectivity index (χ3n) is 5.04. The van der Waals surface area contributed by atoms with Crippen molar-refractivity contribution < 1.29 is 14.5 Å². The van der Waals surface area contributed by atoms with Crippen LogP contribution < -0.4 is 10.2 Å². The maximum absolute atomic E-state index is 12.6. The van der Waals surface area contributed by atoms with E-state index < -0.39 is 10.8 Å². The van der Waals surface area contributed by atoms with Gasteiger partial charge in [-0.05, 0) is 44.0 Å². The zero-order chi connectivity index (χ0) is 19.7. The van der Waals surface area contributed by atoms with Crippen molar-refractivity contribution >= 4 is 28.9 Å². The van der Waals surface area contributed by atoms with Crippen molar-refractivity contribution in [2.75, 3.05) is 16.8 Å². The van der Waals surface area contributed by atoms with Gasteiger partial charge in [0.25, 0.3) is 5.69 Å². The number of rotatable bonds is 4. The topological polar surface area (TPSA) is 92.6 Å². The molecule has 0 aliphatic carbocycles. The molecular formula is C20H21N3O4. The van der Waals surface area contributed by atoms with Crippen LogP contribution in [0.5, 0.6) is 0 Å². The smallest absolute Gasteiger partial charge is 0.274 e. The van der Waals surface area contributed by atoms with Crippen LogP contribution in [0, 0.1) is 36.8 Å². The fourth-order valence-electron chi connectivity index (χ4n) is 3.27. The Morgan fingerprint density at radius 3 is 2.63 bits per heavy atom. The first-order valence-corrected chi connectivity index (χ1v) is 8.70. The number of carbonyl (C=O) groups excluding carboxylic acids is 2. The van der Waals surface area contributed by atoms with Crippen molar-refractivity contribution in [1.82, 2.24) is 0 Å². The minimum absolute atomic E-state index is 0.0488. The number of hydrogen-bond donors (Lipinski definition) is 1. The van der Waals surface area contributed by atoms with Crippen LogP contribution in [-0.2, 0) is 9.59 Å². The van der Waals surface area contributed by atoms with E-state index in [0.717, 1.165) is 16.8 Å². The second-order valence-corrected chi connectivity index (χ2v) is 6.87. The van der Waals surface area contributed by atoms with E-state index in [-0.39, 0.29) is 23.9 Å². The number of carbonyl (C=O) groups is 2. The zero-order valence-corrected chi connectivity index (χ0v) is 15.5. The van der Waals surface area contributed by atoms with Gasteiger partial charge in [-0.1, -0.05) is 18.2 Å². The molecule has 1 heterocycles. The molecule has 2 aromatic carbocycles. The number of nitro groups is 1. The van der Waals surface area contributed by atoms with Crippen LogP contribution in [0.4, 0.5) is 17.1 Å². The molecule has 2 aromatic rings. The molecule has 0 spiro atoms. The first kappa shape index (κ1) is 18.6. The lowest BCUT2D eigenvalue weighted by Crippen LogP contribution is -2.28. The highest BCUT2D eigenvalue weighted by Gasteiger charge is 2.36. The van der Waals surface area contributed by atoms with Gasteiger partial charge in [-0.15, -0.1) is 0 Å². The average molecular weight is 367 g/mol. The molecule has 0 bridgehead atoms. The Balaban J connectivity index is 1.76. The van der Waals surface area contributed by atoms with Crippen molar-refractivity contribution in [2.24, 2.45) is 5.92 Å². The van der Waals surface area contributed by atoms with E-state index in [1.165, 1.54) is 6.07 Å². The summed E-state index contributed by atoms with van der Waals surface area (Å²) in [5.74, 6) is -0.911. The number of aryl methyl sites for hydroxylation is 2. The summed E-state index contributed by atoms with van der Waals surface area (Å²) in [6.07, 6.45) is 0.118. The molecule has 2 amide bonds. The number of hydrogen-bond acceptors (Lipinski definition) is 4. The van der Waals surface area contributed by atoms with Crippen LogP contribution in [0.2, 0.25) is 0 Å². The molecule has 7 nitrogen and oxygen atoms in total. The highest BCUT2D eigenvalue weighted by molar-refractivity contribution is 6.04. The summed E-state index contributed by atoms with van der Waals surface area (Å²) in [5.41, 5.74) is 3.75. The minimum atomic E-state index is -0.502. The molecular weight excluding hydrogens is 346 g/mol. The molecule has 0 unspecified atom stereocenters. The zero-order valence-electron chi connectivity index (χ0n) is 15.5. The predicted octanol–water partition coefficient (Wildman–Crippen LogP) is 3.51. The van der Waals surface area contributed by atoms with Gasteiger partial charge in [0.15, 0.2) is 0 Å². The van der Waals surface area contributed by atoms with Crippen LogP contribution in [0.25, 0.3) is 0 Å². The van der Waals surface area contributed by atoms with E-state index in [2.05, 4.69) is 5.32 Å². The SMILES string of the molecule is Cc1ccc(NC(=O)[C@@H]2CC(=O)N(c3cccc(C)c3C)C2)cc1[N+](=O)[O-]. The van der Waals surface area contributed by atoms with E-state index in [0.29, 0.717) is 17.8 Å². The van der Waals surface area contributed by atoms with Crippen LogP contribution in [0.1, 0.15) is 23.1 Å². The summed E-state index contributed by atoms with van der Waals surface area (Å²) in [6.45, 7) is 5.87.